The van der Waals surface area contributed by atoms with Crippen molar-refractivity contribution in [3.63, 3.8) is 0 Å². The normalized spacial score (nSPS) is 20.3. The maximum absolute atomic E-state index is 11.5. The molecule has 1 fully saturated rings. The molecule has 2 N–H and O–H groups in total. The highest BCUT2D eigenvalue weighted by molar-refractivity contribution is 6.31. The lowest BCUT2D eigenvalue weighted by atomic mass is 10.0. The van der Waals surface area contributed by atoms with E-state index in [1.807, 2.05) is 0 Å². The summed E-state index contributed by atoms with van der Waals surface area (Å²) in [4.78, 5) is 13.8. The number of nitrogens with zero attached hydrogens (tertiary/aromatic N) is 1. The van der Waals surface area contributed by atoms with Crippen molar-refractivity contribution in [1.29, 1.82) is 0 Å². The molecule has 1 aromatic rings. The lowest BCUT2D eigenvalue weighted by Gasteiger charge is -2.30. The van der Waals surface area contributed by atoms with E-state index >= 15 is 0 Å². The number of halogens is 1. The summed E-state index contributed by atoms with van der Waals surface area (Å²) in [5, 5.41) is 0.673. The average Bonchev–Trinajstić information content (AvgIpc) is 2.40. The molecule has 0 aromatic heterocycles. The van der Waals surface area contributed by atoms with Crippen LogP contribution in [0.25, 0.3) is 0 Å². The number of hydrogen-bond donors (Lipinski definition) is 1. The van der Waals surface area contributed by atoms with Crippen molar-refractivity contribution in [3.05, 3.63) is 34.3 Å². The average molecular weight is 283 g/mol. The quantitative estimate of drug-likeness (QED) is 0.862. The second kappa shape index (κ2) is 6.37. The highest BCUT2D eigenvalue weighted by atomic mass is 35.5. The van der Waals surface area contributed by atoms with Gasteiger partial charge in [0.1, 0.15) is 0 Å². The maximum atomic E-state index is 11.5. The topological polar surface area (TPSA) is 55.6 Å². The van der Waals surface area contributed by atoms with Crippen LogP contribution in [0, 0.1) is 0 Å². The summed E-state index contributed by atoms with van der Waals surface area (Å²) in [6.45, 7) is 2.61. The van der Waals surface area contributed by atoms with Gasteiger partial charge in [-0.2, -0.15) is 0 Å². The zero-order chi connectivity index (χ0) is 13.8. The predicted octanol–water partition coefficient (Wildman–Crippen LogP) is 2.05. The van der Waals surface area contributed by atoms with Crippen LogP contribution in [0.5, 0.6) is 0 Å². The number of piperidine rings is 1. The van der Waals surface area contributed by atoms with Crippen molar-refractivity contribution in [1.82, 2.24) is 4.90 Å². The Morgan fingerprint density at radius 3 is 3.05 bits per heavy atom. The number of likely N-dealkylation sites (tertiary alicyclic amines) is 1. The van der Waals surface area contributed by atoms with Gasteiger partial charge in [0.15, 0.2) is 0 Å². The summed E-state index contributed by atoms with van der Waals surface area (Å²) in [5.41, 5.74) is 7.44. The first-order valence-electron chi connectivity index (χ1n) is 6.45. The van der Waals surface area contributed by atoms with Crippen LogP contribution in [0.1, 0.15) is 28.8 Å². The van der Waals surface area contributed by atoms with Crippen LogP contribution in [0.2, 0.25) is 5.02 Å². The standard InChI is InChI=1S/C14H19ClN2O2/c1-19-14(18)10-4-5-13(15)11(7-10)8-17-6-2-3-12(16)9-17/h4-5,7,12H,2-3,6,8-9,16H2,1H3/t12-/m1/s1. The molecule has 1 atom stereocenters. The van der Waals surface area contributed by atoms with Gasteiger partial charge in [-0.05, 0) is 43.1 Å². The molecule has 1 aliphatic rings. The Labute approximate surface area is 118 Å². The molecule has 0 spiro atoms. The molecule has 0 amide bonds. The fraction of sp³-hybridized carbons (Fsp3) is 0.500. The van der Waals surface area contributed by atoms with Crippen molar-refractivity contribution in [3.8, 4) is 0 Å². The zero-order valence-electron chi connectivity index (χ0n) is 11.1. The molecule has 1 aliphatic heterocycles. The second-order valence-electron chi connectivity index (χ2n) is 4.94. The SMILES string of the molecule is COC(=O)c1ccc(Cl)c(CN2CCC[C@@H](N)C2)c1. The van der Waals surface area contributed by atoms with Gasteiger partial charge in [0.05, 0.1) is 12.7 Å². The molecule has 104 valence electrons. The van der Waals surface area contributed by atoms with E-state index in [0.717, 1.165) is 38.0 Å². The summed E-state index contributed by atoms with van der Waals surface area (Å²) >= 11 is 6.19. The molecular formula is C14H19ClN2O2. The summed E-state index contributed by atoms with van der Waals surface area (Å²) in [6.07, 6.45) is 2.18. The van der Waals surface area contributed by atoms with Crippen LogP contribution in [0.4, 0.5) is 0 Å². The van der Waals surface area contributed by atoms with Gasteiger partial charge in [-0.25, -0.2) is 4.79 Å². The van der Waals surface area contributed by atoms with Crippen LogP contribution in [-0.2, 0) is 11.3 Å². The molecule has 0 radical (unpaired) electrons. The molecule has 5 heteroatoms. The van der Waals surface area contributed by atoms with Crippen LogP contribution >= 0.6 is 11.6 Å². The number of methoxy groups -OCH3 is 1. The summed E-state index contributed by atoms with van der Waals surface area (Å²) in [7, 11) is 1.38. The predicted molar refractivity (Wildman–Crippen MR) is 75.3 cm³/mol. The van der Waals surface area contributed by atoms with E-state index < -0.39 is 0 Å². The van der Waals surface area contributed by atoms with Crippen molar-refractivity contribution in [2.45, 2.75) is 25.4 Å². The Kier molecular flexibility index (Phi) is 4.80. The fourth-order valence-electron chi connectivity index (χ4n) is 2.42. The van der Waals surface area contributed by atoms with Gasteiger partial charge in [0.2, 0.25) is 0 Å². The number of carbonyl (C=O) groups is 1. The Balaban J connectivity index is 2.12. The molecule has 4 nitrogen and oxygen atoms in total. The van der Waals surface area contributed by atoms with Crippen molar-refractivity contribution >= 4 is 17.6 Å². The van der Waals surface area contributed by atoms with E-state index in [-0.39, 0.29) is 12.0 Å². The monoisotopic (exact) mass is 282 g/mol. The number of carbonyl (C=O) groups excluding carboxylic acids is 1. The molecular weight excluding hydrogens is 264 g/mol. The Hall–Kier alpha value is -1.10. The second-order valence-corrected chi connectivity index (χ2v) is 5.34. The largest absolute Gasteiger partial charge is 0.465 e. The Morgan fingerprint density at radius 1 is 1.58 bits per heavy atom. The molecule has 1 aromatic carbocycles. The van der Waals surface area contributed by atoms with E-state index in [1.165, 1.54) is 7.11 Å². The Bertz CT molecular complexity index is 465. The van der Waals surface area contributed by atoms with Crippen LogP contribution in [0.3, 0.4) is 0 Å². The van der Waals surface area contributed by atoms with Gasteiger partial charge in [0.25, 0.3) is 0 Å². The van der Waals surface area contributed by atoms with Crippen LogP contribution in [-0.4, -0.2) is 37.1 Å². The van der Waals surface area contributed by atoms with Crippen LogP contribution < -0.4 is 5.73 Å². The van der Waals surface area contributed by atoms with Crippen molar-refractivity contribution in [2.24, 2.45) is 5.73 Å². The minimum absolute atomic E-state index is 0.233. The first-order valence-corrected chi connectivity index (χ1v) is 6.82. The first kappa shape index (κ1) is 14.3. The lowest BCUT2D eigenvalue weighted by Crippen LogP contribution is -2.42. The summed E-state index contributed by atoms with van der Waals surface area (Å²) in [6, 6.07) is 5.46. The van der Waals surface area contributed by atoms with E-state index in [1.54, 1.807) is 18.2 Å². The molecule has 0 aliphatic carbocycles. The van der Waals surface area contributed by atoms with E-state index in [4.69, 9.17) is 22.1 Å². The Morgan fingerprint density at radius 2 is 2.37 bits per heavy atom. The van der Waals surface area contributed by atoms with Crippen LogP contribution in [0.15, 0.2) is 18.2 Å². The number of hydrogen-bond acceptors (Lipinski definition) is 4. The lowest BCUT2D eigenvalue weighted by molar-refractivity contribution is 0.0600. The zero-order valence-corrected chi connectivity index (χ0v) is 11.8. The summed E-state index contributed by atoms with van der Waals surface area (Å²) < 4.78 is 4.72. The van der Waals surface area contributed by atoms with E-state index in [0.29, 0.717) is 10.6 Å². The number of benzene rings is 1. The molecule has 0 bridgehead atoms. The smallest absolute Gasteiger partial charge is 0.337 e. The molecule has 0 unspecified atom stereocenters. The number of esters is 1. The minimum Gasteiger partial charge on any atom is -0.465 e. The highest BCUT2D eigenvalue weighted by Crippen LogP contribution is 2.21. The van der Waals surface area contributed by atoms with E-state index in [2.05, 4.69) is 4.90 Å². The molecule has 1 heterocycles. The summed E-state index contributed by atoms with van der Waals surface area (Å²) in [5.74, 6) is -0.340. The van der Waals surface area contributed by atoms with Gasteiger partial charge in [-0.15, -0.1) is 0 Å². The minimum atomic E-state index is -0.340. The van der Waals surface area contributed by atoms with Gasteiger partial charge in [-0.3, -0.25) is 4.90 Å². The van der Waals surface area contributed by atoms with Crippen molar-refractivity contribution < 1.29 is 9.53 Å². The van der Waals surface area contributed by atoms with Gasteiger partial charge >= 0.3 is 5.97 Å². The fourth-order valence-corrected chi connectivity index (χ4v) is 2.59. The van der Waals surface area contributed by atoms with Gasteiger partial charge in [-0.1, -0.05) is 11.6 Å². The highest BCUT2D eigenvalue weighted by Gasteiger charge is 2.18. The molecule has 1 saturated heterocycles. The maximum Gasteiger partial charge on any atom is 0.337 e. The first-order chi connectivity index (χ1) is 9.10. The van der Waals surface area contributed by atoms with E-state index in [9.17, 15) is 4.79 Å². The third-order valence-electron chi connectivity index (χ3n) is 3.40. The molecule has 19 heavy (non-hydrogen) atoms. The van der Waals surface area contributed by atoms with Gasteiger partial charge in [0, 0.05) is 24.2 Å². The molecule has 2 rings (SSSR count). The van der Waals surface area contributed by atoms with Crippen molar-refractivity contribution in [2.75, 3.05) is 20.2 Å². The number of rotatable bonds is 3. The number of nitrogens with two attached hydrogens (primary N) is 1. The third-order valence-corrected chi connectivity index (χ3v) is 3.77. The number of ether oxygens (including phenoxy) is 1. The third kappa shape index (κ3) is 3.69. The van der Waals surface area contributed by atoms with Gasteiger partial charge < -0.3 is 10.5 Å². The molecule has 0 saturated carbocycles.